The molecule has 0 atom stereocenters. The highest BCUT2D eigenvalue weighted by molar-refractivity contribution is 7.99. The molecule has 1 amide bonds. The van der Waals surface area contributed by atoms with Crippen LogP contribution in [0.5, 0.6) is 0 Å². The van der Waals surface area contributed by atoms with Gasteiger partial charge in [-0.25, -0.2) is 8.42 Å². The van der Waals surface area contributed by atoms with Crippen LogP contribution in [0.15, 0.2) is 52.3 Å². The van der Waals surface area contributed by atoms with Crippen molar-refractivity contribution >= 4 is 39.1 Å². The highest BCUT2D eigenvalue weighted by Gasteiger charge is 2.30. The maximum absolute atomic E-state index is 13.3. The molecule has 5 nitrogen and oxygen atoms in total. The summed E-state index contributed by atoms with van der Waals surface area (Å²) in [4.78, 5) is 14.8. The molecule has 0 saturated carbocycles. The largest absolute Gasteiger partial charge is 0.311 e. The predicted octanol–water partition coefficient (Wildman–Crippen LogP) is 3.29. The lowest BCUT2D eigenvalue weighted by Crippen LogP contribution is -2.36. The SMILES string of the molecule is CC(=O)N1CCSc2ccc(S(=O)(=O)N3CCCc4ccccc43)cc21. The lowest BCUT2D eigenvalue weighted by atomic mass is 10.0. The number of fused-ring (bicyclic) bond motifs is 2. The van der Waals surface area contributed by atoms with E-state index in [1.54, 1.807) is 28.8 Å². The van der Waals surface area contributed by atoms with E-state index >= 15 is 0 Å². The van der Waals surface area contributed by atoms with Crippen molar-refractivity contribution in [3.05, 3.63) is 48.0 Å². The quantitative estimate of drug-likeness (QED) is 0.792. The molecule has 0 saturated heterocycles. The second kappa shape index (κ2) is 6.63. The summed E-state index contributed by atoms with van der Waals surface area (Å²) < 4.78 is 28.2. The lowest BCUT2D eigenvalue weighted by Gasteiger charge is -2.32. The third kappa shape index (κ3) is 2.89. The second-order valence-electron chi connectivity index (χ2n) is 6.46. The molecule has 0 spiro atoms. The van der Waals surface area contributed by atoms with Crippen molar-refractivity contribution in [2.45, 2.75) is 29.6 Å². The van der Waals surface area contributed by atoms with Crippen LogP contribution in [0.25, 0.3) is 0 Å². The van der Waals surface area contributed by atoms with Gasteiger partial charge in [-0.05, 0) is 42.7 Å². The highest BCUT2D eigenvalue weighted by atomic mass is 32.2. The van der Waals surface area contributed by atoms with Crippen molar-refractivity contribution in [2.24, 2.45) is 0 Å². The summed E-state index contributed by atoms with van der Waals surface area (Å²) in [6.45, 7) is 2.59. The van der Waals surface area contributed by atoms with Gasteiger partial charge in [-0.2, -0.15) is 0 Å². The van der Waals surface area contributed by atoms with E-state index in [4.69, 9.17) is 0 Å². The Kier molecular flexibility index (Phi) is 4.44. The van der Waals surface area contributed by atoms with Gasteiger partial charge in [0.2, 0.25) is 5.91 Å². The fourth-order valence-electron chi connectivity index (χ4n) is 3.56. The van der Waals surface area contributed by atoms with Crippen LogP contribution in [0.2, 0.25) is 0 Å². The maximum atomic E-state index is 13.3. The third-order valence-electron chi connectivity index (χ3n) is 4.83. The number of hydrogen-bond acceptors (Lipinski definition) is 4. The van der Waals surface area contributed by atoms with E-state index in [2.05, 4.69) is 0 Å². The molecule has 2 aliphatic rings. The third-order valence-corrected chi connectivity index (χ3v) is 7.68. The summed E-state index contributed by atoms with van der Waals surface area (Å²) >= 11 is 1.65. The van der Waals surface area contributed by atoms with Crippen LogP contribution in [0, 0.1) is 0 Å². The van der Waals surface area contributed by atoms with Gasteiger partial charge in [0.1, 0.15) is 0 Å². The molecule has 4 rings (SSSR count). The molecule has 0 unspecified atom stereocenters. The van der Waals surface area contributed by atoms with Gasteiger partial charge in [-0.1, -0.05) is 18.2 Å². The molecule has 0 aliphatic carbocycles. The number of carbonyl (C=O) groups excluding carboxylic acids is 1. The van der Waals surface area contributed by atoms with Crippen LogP contribution in [0.4, 0.5) is 11.4 Å². The molecule has 0 N–H and O–H groups in total. The molecule has 0 bridgehead atoms. The van der Waals surface area contributed by atoms with Crippen molar-refractivity contribution < 1.29 is 13.2 Å². The summed E-state index contributed by atoms with van der Waals surface area (Å²) in [5.74, 6) is 0.752. The summed E-state index contributed by atoms with van der Waals surface area (Å²) in [6.07, 6.45) is 1.69. The zero-order valence-corrected chi connectivity index (χ0v) is 16.1. The van der Waals surface area contributed by atoms with Gasteiger partial charge in [-0.3, -0.25) is 9.10 Å². The van der Waals surface area contributed by atoms with E-state index in [1.807, 2.05) is 30.3 Å². The first kappa shape index (κ1) is 17.4. The van der Waals surface area contributed by atoms with Crippen LogP contribution in [0.3, 0.4) is 0 Å². The molecule has 0 radical (unpaired) electrons. The standard InChI is InChI=1S/C19H20N2O3S2/c1-14(22)20-11-12-25-19-9-8-16(13-18(19)20)26(23,24)21-10-4-6-15-5-2-3-7-17(15)21/h2-3,5,7-9,13H,4,6,10-12H2,1H3. The van der Waals surface area contributed by atoms with E-state index in [9.17, 15) is 13.2 Å². The van der Waals surface area contributed by atoms with Crippen molar-refractivity contribution in [3.63, 3.8) is 0 Å². The van der Waals surface area contributed by atoms with Crippen LogP contribution in [0.1, 0.15) is 18.9 Å². The van der Waals surface area contributed by atoms with Crippen LogP contribution in [-0.2, 0) is 21.2 Å². The maximum Gasteiger partial charge on any atom is 0.264 e. The van der Waals surface area contributed by atoms with Gasteiger partial charge in [-0.15, -0.1) is 11.8 Å². The fourth-order valence-corrected chi connectivity index (χ4v) is 6.10. The molecule has 0 fully saturated rings. The van der Waals surface area contributed by atoms with Gasteiger partial charge >= 0.3 is 0 Å². The minimum absolute atomic E-state index is 0.0654. The fraction of sp³-hybridized carbons (Fsp3) is 0.316. The van der Waals surface area contributed by atoms with E-state index in [-0.39, 0.29) is 10.8 Å². The summed E-state index contributed by atoms with van der Waals surface area (Å²) in [5, 5.41) is 0. The molecule has 7 heteroatoms. The normalized spacial score (nSPS) is 16.8. The number of carbonyl (C=O) groups is 1. The number of amides is 1. The Hall–Kier alpha value is -1.99. The van der Waals surface area contributed by atoms with Crippen LogP contribution < -0.4 is 9.21 Å². The van der Waals surface area contributed by atoms with E-state index < -0.39 is 10.0 Å². The highest BCUT2D eigenvalue weighted by Crippen LogP contribution is 2.38. The topological polar surface area (TPSA) is 57.7 Å². The molecule has 2 aliphatic heterocycles. The first-order valence-electron chi connectivity index (χ1n) is 8.64. The van der Waals surface area contributed by atoms with Crippen molar-refractivity contribution in [1.82, 2.24) is 0 Å². The average molecular weight is 389 g/mol. The number of rotatable bonds is 2. The monoisotopic (exact) mass is 388 g/mol. The van der Waals surface area contributed by atoms with E-state index in [1.165, 1.54) is 11.2 Å². The predicted molar refractivity (Wildman–Crippen MR) is 104 cm³/mol. The van der Waals surface area contributed by atoms with Crippen molar-refractivity contribution in [2.75, 3.05) is 28.0 Å². The molecular formula is C19H20N2O3S2. The number of benzene rings is 2. The Labute approximate surface area is 158 Å². The molecular weight excluding hydrogens is 368 g/mol. The summed E-state index contributed by atoms with van der Waals surface area (Å²) in [7, 11) is -3.67. The molecule has 2 heterocycles. The van der Waals surface area contributed by atoms with E-state index in [0.717, 1.165) is 34.7 Å². The minimum Gasteiger partial charge on any atom is -0.311 e. The van der Waals surface area contributed by atoms with Crippen LogP contribution >= 0.6 is 11.8 Å². The Bertz CT molecular complexity index is 972. The molecule has 136 valence electrons. The number of nitrogens with zero attached hydrogens (tertiary/aromatic N) is 2. The van der Waals surface area contributed by atoms with Gasteiger partial charge in [0.25, 0.3) is 10.0 Å². The Morgan fingerprint density at radius 1 is 1.08 bits per heavy atom. The minimum atomic E-state index is -3.67. The molecule has 2 aromatic rings. The number of thioether (sulfide) groups is 1. The zero-order chi connectivity index (χ0) is 18.3. The second-order valence-corrected chi connectivity index (χ2v) is 9.46. The smallest absolute Gasteiger partial charge is 0.264 e. The van der Waals surface area contributed by atoms with Gasteiger partial charge in [0, 0.05) is 30.7 Å². The molecule has 0 aromatic heterocycles. The molecule has 26 heavy (non-hydrogen) atoms. The van der Waals surface area contributed by atoms with Gasteiger partial charge in [0.15, 0.2) is 0 Å². The molecule has 2 aromatic carbocycles. The van der Waals surface area contributed by atoms with Crippen molar-refractivity contribution in [1.29, 1.82) is 0 Å². The number of para-hydroxylation sites is 1. The number of aryl methyl sites for hydroxylation is 1. The zero-order valence-electron chi connectivity index (χ0n) is 14.5. The number of hydrogen-bond donors (Lipinski definition) is 0. The average Bonchev–Trinajstić information content (AvgIpc) is 2.66. The number of sulfonamides is 1. The lowest BCUT2D eigenvalue weighted by molar-refractivity contribution is -0.116. The Balaban J connectivity index is 1.79. The number of anilines is 2. The van der Waals surface area contributed by atoms with Crippen molar-refractivity contribution in [3.8, 4) is 0 Å². The van der Waals surface area contributed by atoms with Gasteiger partial charge in [0.05, 0.1) is 16.3 Å². The Morgan fingerprint density at radius 3 is 2.69 bits per heavy atom. The summed E-state index contributed by atoms with van der Waals surface area (Å²) in [6, 6.07) is 12.8. The van der Waals surface area contributed by atoms with E-state index in [0.29, 0.717) is 18.8 Å². The first-order chi connectivity index (χ1) is 12.5. The Morgan fingerprint density at radius 2 is 1.88 bits per heavy atom. The van der Waals surface area contributed by atoms with Crippen LogP contribution in [-0.4, -0.2) is 33.2 Å². The summed E-state index contributed by atoms with van der Waals surface area (Å²) in [5.41, 5.74) is 2.51. The first-order valence-corrected chi connectivity index (χ1v) is 11.1. The van der Waals surface area contributed by atoms with Gasteiger partial charge < -0.3 is 4.90 Å².